The average molecular weight is 440 g/mol. The van der Waals surface area contributed by atoms with Crippen LogP contribution >= 0.6 is 11.8 Å². The lowest BCUT2D eigenvalue weighted by molar-refractivity contribution is -0.120. The highest BCUT2D eigenvalue weighted by Crippen LogP contribution is 2.25. The van der Waals surface area contributed by atoms with E-state index < -0.39 is 0 Å². The van der Waals surface area contributed by atoms with Gasteiger partial charge in [0, 0.05) is 30.6 Å². The van der Waals surface area contributed by atoms with Crippen molar-refractivity contribution >= 4 is 29.3 Å². The molecule has 1 aliphatic heterocycles. The maximum Gasteiger partial charge on any atom is 0.233 e. The van der Waals surface area contributed by atoms with Crippen LogP contribution in [0.3, 0.4) is 0 Å². The van der Waals surface area contributed by atoms with E-state index in [4.69, 9.17) is 0 Å². The molecule has 2 N–H and O–H groups in total. The fraction of sp³-hybridized carbons (Fsp3) is 0.440. The lowest BCUT2D eigenvalue weighted by atomic mass is 10.1. The quantitative estimate of drug-likeness (QED) is 0.579. The third-order valence-electron chi connectivity index (χ3n) is 5.45. The van der Waals surface area contributed by atoms with Gasteiger partial charge in [0.2, 0.25) is 11.8 Å². The van der Waals surface area contributed by atoms with Crippen molar-refractivity contribution < 1.29 is 9.59 Å². The van der Waals surface area contributed by atoms with Crippen molar-refractivity contribution in [3.05, 3.63) is 59.7 Å². The third-order valence-corrected chi connectivity index (χ3v) is 6.56. The first-order valence-corrected chi connectivity index (χ1v) is 12.0. The number of anilines is 1. The van der Waals surface area contributed by atoms with E-state index in [2.05, 4.69) is 39.8 Å². The summed E-state index contributed by atoms with van der Waals surface area (Å²) in [6, 6.07) is 16.1. The highest BCUT2D eigenvalue weighted by atomic mass is 32.2. The molecule has 2 aromatic carbocycles. The standard InChI is InChI=1S/C25H33N3O2S/c1-19(31-24-13-11-23(12-14-24)27-20(2)29)25(30)26-17-21-7-9-22(10-8-21)18-28-15-5-3-4-6-16-28/h7-14,19H,3-6,15-18H2,1-2H3,(H,26,30)(H,27,29). The van der Waals surface area contributed by atoms with Crippen LogP contribution in [0.4, 0.5) is 5.69 Å². The maximum absolute atomic E-state index is 12.5. The zero-order chi connectivity index (χ0) is 22.1. The summed E-state index contributed by atoms with van der Waals surface area (Å²) < 4.78 is 0. The summed E-state index contributed by atoms with van der Waals surface area (Å²) in [5, 5.41) is 5.58. The minimum Gasteiger partial charge on any atom is -0.351 e. The summed E-state index contributed by atoms with van der Waals surface area (Å²) in [5.74, 6) is -0.0762. The summed E-state index contributed by atoms with van der Waals surface area (Å²) in [6.07, 6.45) is 5.32. The minimum absolute atomic E-state index is 0.0181. The summed E-state index contributed by atoms with van der Waals surface area (Å²) in [5.41, 5.74) is 3.21. The first kappa shape index (κ1) is 23.4. The van der Waals surface area contributed by atoms with Gasteiger partial charge in [0.15, 0.2) is 0 Å². The van der Waals surface area contributed by atoms with Crippen LogP contribution in [0, 0.1) is 0 Å². The molecule has 3 rings (SSSR count). The number of hydrogen-bond donors (Lipinski definition) is 2. The minimum atomic E-state index is -0.200. The number of carbonyl (C=O) groups excluding carboxylic acids is 2. The van der Waals surface area contributed by atoms with Crippen LogP contribution < -0.4 is 10.6 Å². The first-order valence-electron chi connectivity index (χ1n) is 11.1. The van der Waals surface area contributed by atoms with Crippen LogP contribution in [0.1, 0.15) is 50.7 Å². The van der Waals surface area contributed by atoms with Gasteiger partial charge >= 0.3 is 0 Å². The Morgan fingerprint density at radius 1 is 0.935 bits per heavy atom. The highest BCUT2D eigenvalue weighted by molar-refractivity contribution is 8.00. The van der Waals surface area contributed by atoms with Crippen LogP contribution in [0.2, 0.25) is 0 Å². The Kier molecular flexibility index (Phi) is 8.98. The summed E-state index contributed by atoms with van der Waals surface area (Å²) in [7, 11) is 0. The number of amides is 2. The number of likely N-dealkylation sites (tertiary alicyclic amines) is 1. The lowest BCUT2D eigenvalue weighted by Gasteiger charge is -2.20. The molecule has 2 amide bonds. The molecule has 1 unspecified atom stereocenters. The van der Waals surface area contributed by atoms with Crippen molar-refractivity contribution in [1.29, 1.82) is 0 Å². The van der Waals surface area contributed by atoms with Gasteiger partial charge in [-0.1, -0.05) is 37.1 Å². The Hall–Kier alpha value is -2.31. The van der Waals surface area contributed by atoms with Gasteiger partial charge in [-0.05, 0) is 68.2 Å². The average Bonchev–Trinajstić information content (AvgIpc) is 3.02. The van der Waals surface area contributed by atoms with Crippen molar-refractivity contribution in [2.75, 3.05) is 18.4 Å². The van der Waals surface area contributed by atoms with Gasteiger partial charge < -0.3 is 10.6 Å². The van der Waals surface area contributed by atoms with Gasteiger partial charge in [0.25, 0.3) is 0 Å². The SMILES string of the molecule is CC(=O)Nc1ccc(SC(C)C(=O)NCc2ccc(CN3CCCCCC3)cc2)cc1. The predicted molar refractivity (Wildman–Crippen MR) is 128 cm³/mol. The summed E-state index contributed by atoms with van der Waals surface area (Å²) in [4.78, 5) is 27.1. The van der Waals surface area contributed by atoms with Gasteiger partial charge in [-0.25, -0.2) is 0 Å². The van der Waals surface area contributed by atoms with E-state index in [9.17, 15) is 9.59 Å². The highest BCUT2D eigenvalue weighted by Gasteiger charge is 2.14. The molecule has 0 radical (unpaired) electrons. The van der Waals surface area contributed by atoms with E-state index in [1.54, 1.807) is 0 Å². The Morgan fingerprint density at radius 3 is 2.16 bits per heavy atom. The van der Waals surface area contributed by atoms with Crippen LogP contribution in [0.25, 0.3) is 0 Å². The second-order valence-corrected chi connectivity index (χ2v) is 9.60. The largest absolute Gasteiger partial charge is 0.351 e. The molecule has 6 heteroatoms. The van der Waals surface area contributed by atoms with Crippen molar-refractivity contribution in [3.8, 4) is 0 Å². The third kappa shape index (κ3) is 8.04. The molecule has 0 spiro atoms. The molecule has 0 bridgehead atoms. The number of carbonyl (C=O) groups is 2. The summed E-state index contributed by atoms with van der Waals surface area (Å²) in [6.45, 7) is 7.34. The van der Waals surface area contributed by atoms with Crippen LogP contribution in [0.15, 0.2) is 53.4 Å². The topological polar surface area (TPSA) is 61.4 Å². The molecule has 5 nitrogen and oxygen atoms in total. The van der Waals surface area contributed by atoms with Crippen LogP contribution in [0.5, 0.6) is 0 Å². The molecule has 1 saturated heterocycles. The van der Waals surface area contributed by atoms with Gasteiger partial charge in [-0.15, -0.1) is 11.8 Å². The zero-order valence-corrected chi connectivity index (χ0v) is 19.3. The van der Waals surface area contributed by atoms with Gasteiger partial charge in [-0.2, -0.15) is 0 Å². The zero-order valence-electron chi connectivity index (χ0n) is 18.5. The Balaban J connectivity index is 1.43. The molecule has 1 fully saturated rings. The van der Waals surface area contributed by atoms with Crippen LogP contribution in [-0.2, 0) is 22.7 Å². The predicted octanol–water partition coefficient (Wildman–Crippen LogP) is 4.82. The lowest BCUT2D eigenvalue weighted by Crippen LogP contribution is -2.30. The van der Waals surface area contributed by atoms with Crippen molar-refractivity contribution in [1.82, 2.24) is 10.2 Å². The van der Waals surface area contributed by atoms with Crippen molar-refractivity contribution in [3.63, 3.8) is 0 Å². The Morgan fingerprint density at radius 2 is 1.55 bits per heavy atom. The Labute approximate surface area is 190 Å². The normalized spacial score (nSPS) is 15.7. The molecule has 0 aromatic heterocycles. The number of hydrogen-bond acceptors (Lipinski definition) is 4. The molecule has 0 saturated carbocycles. The Bertz CT molecular complexity index is 844. The fourth-order valence-corrected chi connectivity index (χ4v) is 4.62. The van der Waals surface area contributed by atoms with Crippen molar-refractivity contribution in [2.45, 2.75) is 62.8 Å². The molecular formula is C25H33N3O2S. The molecule has 0 aliphatic carbocycles. The molecule has 1 aliphatic rings. The molecule has 31 heavy (non-hydrogen) atoms. The second-order valence-electron chi connectivity index (χ2n) is 8.19. The van der Waals surface area contributed by atoms with E-state index in [1.165, 1.54) is 63.0 Å². The van der Waals surface area contributed by atoms with E-state index in [0.29, 0.717) is 6.54 Å². The number of thioether (sulfide) groups is 1. The number of benzene rings is 2. The molecular weight excluding hydrogens is 406 g/mol. The van der Waals surface area contributed by atoms with E-state index in [1.807, 2.05) is 31.2 Å². The number of nitrogens with one attached hydrogen (secondary N) is 2. The van der Waals surface area contributed by atoms with Gasteiger partial charge in [0.1, 0.15) is 0 Å². The van der Waals surface area contributed by atoms with E-state index in [-0.39, 0.29) is 17.1 Å². The number of rotatable bonds is 8. The smallest absolute Gasteiger partial charge is 0.233 e. The molecule has 166 valence electrons. The van der Waals surface area contributed by atoms with Gasteiger partial charge in [-0.3, -0.25) is 14.5 Å². The molecule has 1 heterocycles. The maximum atomic E-state index is 12.5. The fourth-order valence-electron chi connectivity index (χ4n) is 3.73. The first-order chi connectivity index (χ1) is 15.0. The van der Waals surface area contributed by atoms with E-state index in [0.717, 1.165) is 22.7 Å². The van der Waals surface area contributed by atoms with Crippen molar-refractivity contribution in [2.24, 2.45) is 0 Å². The number of nitrogens with zero attached hydrogens (tertiary/aromatic N) is 1. The van der Waals surface area contributed by atoms with Gasteiger partial charge in [0.05, 0.1) is 5.25 Å². The second kappa shape index (κ2) is 11.9. The monoisotopic (exact) mass is 439 g/mol. The molecule has 2 aromatic rings. The van der Waals surface area contributed by atoms with E-state index >= 15 is 0 Å². The molecule has 1 atom stereocenters. The van der Waals surface area contributed by atoms with Crippen LogP contribution in [-0.4, -0.2) is 35.1 Å². The summed E-state index contributed by atoms with van der Waals surface area (Å²) >= 11 is 1.51.